The minimum absolute atomic E-state index is 0.283. The standard InChI is InChI=1S/C16H24FN3O2/c1-16(2,3)22-15(21)20-9-7-19(8-10-20)11-12-13(17)5-4-6-14(12)18/h4-6H,7-11,18H2,1-3H3. The van der Waals surface area contributed by atoms with Gasteiger partial charge in [0.25, 0.3) is 0 Å². The summed E-state index contributed by atoms with van der Waals surface area (Å²) in [5.41, 5.74) is 6.33. The van der Waals surface area contributed by atoms with Gasteiger partial charge in [-0.1, -0.05) is 6.07 Å². The molecule has 1 amide bonds. The number of carbonyl (C=O) groups is 1. The van der Waals surface area contributed by atoms with E-state index in [0.29, 0.717) is 44.0 Å². The zero-order valence-corrected chi connectivity index (χ0v) is 13.4. The lowest BCUT2D eigenvalue weighted by Crippen LogP contribution is -2.49. The highest BCUT2D eigenvalue weighted by molar-refractivity contribution is 5.68. The summed E-state index contributed by atoms with van der Waals surface area (Å²) in [7, 11) is 0. The van der Waals surface area contributed by atoms with Crippen molar-refractivity contribution >= 4 is 11.8 Å². The van der Waals surface area contributed by atoms with Crippen LogP contribution in [0.4, 0.5) is 14.9 Å². The van der Waals surface area contributed by atoms with Crippen molar-refractivity contribution in [3.63, 3.8) is 0 Å². The summed E-state index contributed by atoms with van der Waals surface area (Å²) in [6.45, 7) is 8.50. The summed E-state index contributed by atoms with van der Waals surface area (Å²) in [5, 5.41) is 0. The number of piperazine rings is 1. The second kappa shape index (κ2) is 6.52. The molecule has 5 nitrogen and oxygen atoms in total. The third-order valence-electron chi connectivity index (χ3n) is 3.56. The number of nitrogens with two attached hydrogens (primary N) is 1. The fourth-order valence-electron chi connectivity index (χ4n) is 2.38. The van der Waals surface area contributed by atoms with Gasteiger partial charge in [0.1, 0.15) is 11.4 Å². The molecule has 1 fully saturated rings. The fraction of sp³-hybridized carbons (Fsp3) is 0.562. The quantitative estimate of drug-likeness (QED) is 0.853. The molecule has 0 atom stereocenters. The molecule has 2 rings (SSSR count). The molecule has 6 heteroatoms. The second-order valence-electron chi connectivity index (χ2n) is 6.55. The topological polar surface area (TPSA) is 58.8 Å². The van der Waals surface area contributed by atoms with E-state index in [4.69, 9.17) is 10.5 Å². The van der Waals surface area contributed by atoms with E-state index in [1.54, 1.807) is 17.0 Å². The third kappa shape index (κ3) is 4.34. The summed E-state index contributed by atoms with van der Waals surface area (Å²) in [4.78, 5) is 15.8. The zero-order chi connectivity index (χ0) is 16.3. The van der Waals surface area contributed by atoms with Gasteiger partial charge in [0.05, 0.1) is 0 Å². The Bertz CT molecular complexity index is 514. The Kier molecular flexibility index (Phi) is 4.90. The van der Waals surface area contributed by atoms with Crippen LogP contribution in [-0.2, 0) is 11.3 Å². The molecule has 0 bridgehead atoms. The minimum Gasteiger partial charge on any atom is -0.444 e. The van der Waals surface area contributed by atoms with E-state index in [9.17, 15) is 9.18 Å². The third-order valence-corrected chi connectivity index (χ3v) is 3.56. The Morgan fingerprint density at radius 3 is 2.45 bits per heavy atom. The van der Waals surface area contributed by atoms with Gasteiger partial charge in [0.15, 0.2) is 0 Å². The maximum Gasteiger partial charge on any atom is 0.410 e. The number of hydrogen-bond acceptors (Lipinski definition) is 4. The predicted octanol–water partition coefficient (Wildman–Crippen LogP) is 2.46. The van der Waals surface area contributed by atoms with Gasteiger partial charge in [-0.3, -0.25) is 4.90 Å². The zero-order valence-electron chi connectivity index (χ0n) is 13.4. The lowest BCUT2D eigenvalue weighted by molar-refractivity contribution is 0.0138. The van der Waals surface area contributed by atoms with Crippen LogP contribution >= 0.6 is 0 Å². The van der Waals surface area contributed by atoms with Crippen molar-refractivity contribution in [1.82, 2.24) is 9.80 Å². The van der Waals surface area contributed by atoms with Gasteiger partial charge < -0.3 is 15.4 Å². The van der Waals surface area contributed by atoms with E-state index in [1.165, 1.54) is 6.07 Å². The number of nitrogen functional groups attached to an aromatic ring is 1. The normalized spacial score (nSPS) is 16.6. The number of amides is 1. The first-order valence-corrected chi connectivity index (χ1v) is 7.49. The number of nitrogens with zero attached hydrogens (tertiary/aromatic N) is 2. The van der Waals surface area contributed by atoms with Gasteiger partial charge in [-0.15, -0.1) is 0 Å². The molecule has 1 heterocycles. The number of ether oxygens (including phenoxy) is 1. The summed E-state index contributed by atoms with van der Waals surface area (Å²) >= 11 is 0. The number of carbonyl (C=O) groups excluding carboxylic acids is 1. The Morgan fingerprint density at radius 2 is 1.91 bits per heavy atom. The van der Waals surface area contributed by atoms with Crippen LogP contribution in [0.5, 0.6) is 0 Å². The number of anilines is 1. The van der Waals surface area contributed by atoms with Crippen molar-refractivity contribution in [1.29, 1.82) is 0 Å². The molecular weight excluding hydrogens is 285 g/mol. The molecule has 1 aliphatic rings. The fourth-order valence-corrected chi connectivity index (χ4v) is 2.38. The molecule has 0 aromatic heterocycles. The van der Waals surface area contributed by atoms with E-state index in [2.05, 4.69) is 4.90 Å². The summed E-state index contributed by atoms with van der Waals surface area (Å²) < 4.78 is 19.2. The first-order chi connectivity index (χ1) is 10.3. The minimum atomic E-state index is -0.490. The maximum absolute atomic E-state index is 13.8. The van der Waals surface area contributed by atoms with Crippen LogP contribution < -0.4 is 5.73 Å². The largest absolute Gasteiger partial charge is 0.444 e. The molecule has 1 aromatic carbocycles. The first-order valence-electron chi connectivity index (χ1n) is 7.49. The molecule has 1 aliphatic heterocycles. The smallest absolute Gasteiger partial charge is 0.410 e. The molecule has 0 aliphatic carbocycles. The van der Waals surface area contributed by atoms with E-state index < -0.39 is 5.60 Å². The summed E-state index contributed by atoms with van der Waals surface area (Å²) in [5.74, 6) is -0.283. The van der Waals surface area contributed by atoms with Crippen molar-refractivity contribution in [3.8, 4) is 0 Å². The molecule has 0 saturated carbocycles. The molecule has 122 valence electrons. The maximum atomic E-state index is 13.8. The van der Waals surface area contributed by atoms with Gasteiger partial charge in [0, 0.05) is 44.0 Å². The van der Waals surface area contributed by atoms with Gasteiger partial charge in [0.2, 0.25) is 0 Å². The molecule has 0 radical (unpaired) electrons. The molecule has 0 unspecified atom stereocenters. The average Bonchev–Trinajstić information content (AvgIpc) is 2.42. The lowest BCUT2D eigenvalue weighted by atomic mass is 10.1. The molecule has 22 heavy (non-hydrogen) atoms. The molecule has 1 aromatic rings. The van der Waals surface area contributed by atoms with Crippen molar-refractivity contribution in [3.05, 3.63) is 29.6 Å². The van der Waals surface area contributed by atoms with Crippen LogP contribution in [0.25, 0.3) is 0 Å². The van der Waals surface area contributed by atoms with E-state index in [-0.39, 0.29) is 11.9 Å². The van der Waals surface area contributed by atoms with Crippen LogP contribution in [0, 0.1) is 5.82 Å². The van der Waals surface area contributed by atoms with Gasteiger partial charge in [-0.2, -0.15) is 0 Å². The monoisotopic (exact) mass is 309 g/mol. The van der Waals surface area contributed by atoms with Gasteiger partial charge >= 0.3 is 6.09 Å². The Morgan fingerprint density at radius 1 is 1.27 bits per heavy atom. The van der Waals surface area contributed by atoms with Gasteiger partial charge in [-0.25, -0.2) is 9.18 Å². The number of halogens is 1. The SMILES string of the molecule is CC(C)(C)OC(=O)N1CCN(Cc2c(N)cccc2F)CC1. The lowest BCUT2D eigenvalue weighted by Gasteiger charge is -2.35. The highest BCUT2D eigenvalue weighted by Crippen LogP contribution is 2.19. The van der Waals surface area contributed by atoms with Crippen LogP contribution in [0.1, 0.15) is 26.3 Å². The second-order valence-corrected chi connectivity index (χ2v) is 6.55. The molecular formula is C16H24FN3O2. The molecule has 1 saturated heterocycles. The Labute approximate surface area is 130 Å². The van der Waals surface area contributed by atoms with Crippen LogP contribution in [-0.4, -0.2) is 47.7 Å². The highest BCUT2D eigenvalue weighted by atomic mass is 19.1. The van der Waals surface area contributed by atoms with E-state index in [0.717, 1.165) is 0 Å². The van der Waals surface area contributed by atoms with Crippen molar-refractivity contribution in [2.24, 2.45) is 0 Å². The number of hydrogen-bond donors (Lipinski definition) is 1. The molecule has 2 N–H and O–H groups in total. The van der Waals surface area contributed by atoms with Crippen molar-refractivity contribution < 1.29 is 13.9 Å². The van der Waals surface area contributed by atoms with Crippen LogP contribution in [0.2, 0.25) is 0 Å². The van der Waals surface area contributed by atoms with E-state index >= 15 is 0 Å². The Balaban J connectivity index is 1.89. The van der Waals surface area contributed by atoms with E-state index in [1.807, 2.05) is 20.8 Å². The van der Waals surface area contributed by atoms with Crippen molar-refractivity contribution in [2.75, 3.05) is 31.9 Å². The summed E-state index contributed by atoms with van der Waals surface area (Å²) in [6, 6.07) is 4.73. The Hall–Kier alpha value is -1.82. The molecule has 0 spiro atoms. The predicted molar refractivity (Wildman–Crippen MR) is 83.9 cm³/mol. The van der Waals surface area contributed by atoms with Crippen molar-refractivity contribution in [2.45, 2.75) is 32.9 Å². The first kappa shape index (κ1) is 16.5. The van der Waals surface area contributed by atoms with Gasteiger partial charge in [-0.05, 0) is 32.9 Å². The number of benzene rings is 1. The van der Waals surface area contributed by atoms with Crippen LogP contribution in [0.3, 0.4) is 0 Å². The number of rotatable bonds is 2. The highest BCUT2D eigenvalue weighted by Gasteiger charge is 2.26. The average molecular weight is 309 g/mol. The van der Waals surface area contributed by atoms with Crippen LogP contribution in [0.15, 0.2) is 18.2 Å². The summed E-state index contributed by atoms with van der Waals surface area (Å²) in [6.07, 6.45) is -0.294.